The molecule has 0 saturated carbocycles. The van der Waals surface area contributed by atoms with Gasteiger partial charge in [-0.15, -0.1) is 0 Å². The van der Waals surface area contributed by atoms with E-state index >= 15 is 0 Å². The maximum absolute atomic E-state index is 13.8. The monoisotopic (exact) mass is 427 g/mol. The van der Waals surface area contributed by atoms with E-state index in [1.54, 1.807) is 24.4 Å². The average molecular weight is 428 g/mol. The van der Waals surface area contributed by atoms with Crippen LogP contribution in [0.15, 0.2) is 69.1 Å². The third kappa shape index (κ3) is 3.27. The third-order valence-electron chi connectivity index (χ3n) is 3.76. The van der Waals surface area contributed by atoms with Crippen LogP contribution in [0.25, 0.3) is 17.0 Å². The van der Waals surface area contributed by atoms with Gasteiger partial charge in [-0.1, -0.05) is 40.2 Å². The number of pyridine rings is 1. The molecule has 26 heavy (non-hydrogen) atoms. The number of carbonyl (C=O) groups is 1. The molecule has 1 aliphatic heterocycles. The molecule has 4 rings (SSSR count). The van der Waals surface area contributed by atoms with Crippen molar-refractivity contribution in [2.24, 2.45) is 4.99 Å². The number of fused-ring (bicyclic) bond motifs is 1. The number of amides is 1. The SMILES string of the molecule is O=C1NC(=Nc2ccc(Br)c3cccnc23)S/C1=C\c1ccccc1F. The second kappa shape index (κ2) is 7.01. The highest BCUT2D eigenvalue weighted by Gasteiger charge is 2.24. The van der Waals surface area contributed by atoms with Crippen LogP contribution in [0, 0.1) is 5.82 Å². The standard InChI is InChI=1S/C19H11BrFN3OS/c20-13-7-8-15(17-12(13)5-3-9-22-17)23-19-24-18(25)16(26-19)10-11-4-1-2-6-14(11)21/h1-10H,(H,23,24,25)/b16-10-. The number of halogens is 2. The topological polar surface area (TPSA) is 54.4 Å². The lowest BCUT2D eigenvalue weighted by Gasteiger charge is -2.03. The van der Waals surface area contributed by atoms with Gasteiger partial charge < -0.3 is 5.32 Å². The zero-order valence-corrected chi connectivity index (χ0v) is 15.6. The maximum atomic E-state index is 13.8. The highest BCUT2D eigenvalue weighted by Crippen LogP contribution is 2.33. The fourth-order valence-electron chi connectivity index (χ4n) is 2.54. The molecule has 1 aliphatic rings. The molecule has 0 bridgehead atoms. The number of aliphatic imine (C=N–C) groups is 1. The van der Waals surface area contributed by atoms with Crippen LogP contribution in [0.5, 0.6) is 0 Å². The molecule has 1 saturated heterocycles. The van der Waals surface area contributed by atoms with Gasteiger partial charge in [0, 0.05) is 21.6 Å². The zero-order valence-electron chi connectivity index (χ0n) is 13.2. The first-order valence-corrected chi connectivity index (χ1v) is 9.30. The van der Waals surface area contributed by atoms with Gasteiger partial charge in [0.1, 0.15) is 5.82 Å². The number of aromatic nitrogens is 1. The van der Waals surface area contributed by atoms with Gasteiger partial charge in [0.15, 0.2) is 5.17 Å². The minimum absolute atomic E-state index is 0.300. The number of amidine groups is 1. The molecule has 7 heteroatoms. The summed E-state index contributed by atoms with van der Waals surface area (Å²) in [7, 11) is 0. The Morgan fingerprint density at radius 2 is 2.00 bits per heavy atom. The van der Waals surface area contributed by atoms with Crippen molar-refractivity contribution in [1.82, 2.24) is 10.3 Å². The Morgan fingerprint density at radius 1 is 1.15 bits per heavy atom. The van der Waals surface area contributed by atoms with Crippen LogP contribution in [0.4, 0.5) is 10.1 Å². The minimum Gasteiger partial charge on any atom is -0.300 e. The summed E-state index contributed by atoms with van der Waals surface area (Å²) in [5.41, 5.74) is 1.75. The first-order chi connectivity index (χ1) is 12.6. The molecular weight excluding hydrogens is 417 g/mol. The van der Waals surface area contributed by atoms with Crippen molar-refractivity contribution in [3.05, 3.63) is 75.5 Å². The van der Waals surface area contributed by atoms with Crippen molar-refractivity contribution < 1.29 is 9.18 Å². The van der Waals surface area contributed by atoms with Crippen LogP contribution in [-0.2, 0) is 4.79 Å². The summed E-state index contributed by atoms with van der Waals surface area (Å²) in [6, 6.07) is 13.8. The number of hydrogen-bond acceptors (Lipinski definition) is 4. The van der Waals surface area contributed by atoms with Crippen molar-refractivity contribution in [2.75, 3.05) is 0 Å². The van der Waals surface area contributed by atoms with Gasteiger partial charge in [-0.3, -0.25) is 9.78 Å². The molecule has 0 radical (unpaired) electrons. The molecule has 0 unspecified atom stereocenters. The van der Waals surface area contributed by atoms with Gasteiger partial charge in [-0.25, -0.2) is 9.38 Å². The maximum Gasteiger partial charge on any atom is 0.264 e. The summed E-state index contributed by atoms with van der Waals surface area (Å²) in [5.74, 6) is -0.673. The summed E-state index contributed by atoms with van der Waals surface area (Å²) in [5, 5.41) is 4.09. The van der Waals surface area contributed by atoms with Gasteiger partial charge >= 0.3 is 0 Å². The van der Waals surface area contributed by atoms with Crippen molar-refractivity contribution in [3.8, 4) is 0 Å². The fraction of sp³-hybridized carbons (Fsp3) is 0. The van der Waals surface area contributed by atoms with Crippen molar-refractivity contribution in [1.29, 1.82) is 0 Å². The Balaban J connectivity index is 1.70. The van der Waals surface area contributed by atoms with Crippen LogP contribution in [0.3, 0.4) is 0 Å². The van der Waals surface area contributed by atoms with Crippen molar-refractivity contribution in [3.63, 3.8) is 0 Å². The molecular formula is C19H11BrFN3OS. The average Bonchev–Trinajstić information content (AvgIpc) is 2.99. The number of thioether (sulfide) groups is 1. The second-order valence-electron chi connectivity index (χ2n) is 5.47. The molecule has 0 aliphatic carbocycles. The number of benzene rings is 2. The number of carbonyl (C=O) groups excluding carboxylic acids is 1. The zero-order chi connectivity index (χ0) is 18.1. The molecule has 1 N–H and O–H groups in total. The highest BCUT2D eigenvalue weighted by atomic mass is 79.9. The van der Waals surface area contributed by atoms with Gasteiger partial charge in [0.2, 0.25) is 0 Å². The van der Waals surface area contributed by atoms with E-state index in [0.29, 0.717) is 21.3 Å². The van der Waals surface area contributed by atoms with Crippen LogP contribution in [0.2, 0.25) is 0 Å². The normalized spacial score (nSPS) is 17.2. The molecule has 0 atom stereocenters. The van der Waals surface area contributed by atoms with Gasteiger partial charge in [0.05, 0.1) is 16.1 Å². The predicted octanol–water partition coefficient (Wildman–Crippen LogP) is 5.03. The Labute approximate surface area is 161 Å². The summed E-state index contributed by atoms with van der Waals surface area (Å²) in [6.45, 7) is 0. The van der Waals surface area contributed by atoms with Crippen molar-refractivity contribution >= 4 is 61.4 Å². The number of hydrogen-bond donors (Lipinski definition) is 1. The van der Waals surface area contributed by atoms with E-state index in [2.05, 4.69) is 31.2 Å². The summed E-state index contributed by atoms with van der Waals surface area (Å²) >= 11 is 4.67. The first kappa shape index (κ1) is 16.9. The van der Waals surface area contributed by atoms with Gasteiger partial charge in [0.25, 0.3) is 5.91 Å². The first-order valence-electron chi connectivity index (χ1n) is 7.69. The van der Waals surface area contributed by atoms with Crippen LogP contribution < -0.4 is 5.32 Å². The number of nitrogens with one attached hydrogen (secondary N) is 1. The summed E-state index contributed by atoms with van der Waals surface area (Å²) in [4.78, 5) is 21.5. The largest absolute Gasteiger partial charge is 0.300 e. The quantitative estimate of drug-likeness (QED) is 0.583. The van der Waals surface area contributed by atoms with E-state index in [-0.39, 0.29) is 11.7 Å². The Morgan fingerprint density at radius 3 is 2.85 bits per heavy atom. The smallest absolute Gasteiger partial charge is 0.264 e. The number of rotatable bonds is 2. The van der Waals surface area contributed by atoms with E-state index in [4.69, 9.17) is 0 Å². The molecule has 128 valence electrons. The fourth-order valence-corrected chi connectivity index (χ4v) is 3.81. The van der Waals surface area contributed by atoms with E-state index in [1.807, 2.05) is 24.3 Å². The van der Waals surface area contributed by atoms with Gasteiger partial charge in [-0.05, 0) is 42.1 Å². The van der Waals surface area contributed by atoms with Crippen molar-refractivity contribution in [2.45, 2.75) is 0 Å². The van der Waals surface area contributed by atoms with E-state index in [9.17, 15) is 9.18 Å². The van der Waals surface area contributed by atoms with E-state index < -0.39 is 0 Å². The molecule has 1 fully saturated rings. The van der Waals surface area contributed by atoms with E-state index in [1.165, 1.54) is 23.9 Å². The van der Waals surface area contributed by atoms with Crippen LogP contribution >= 0.6 is 27.7 Å². The molecule has 1 amide bonds. The number of nitrogens with zero attached hydrogens (tertiary/aromatic N) is 2. The molecule has 2 heterocycles. The molecule has 0 spiro atoms. The van der Waals surface area contributed by atoms with Crippen LogP contribution in [-0.4, -0.2) is 16.1 Å². The molecule has 4 nitrogen and oxygen atoms in total. The molecule has 1 aromatic heterocycles. The van der Waals surface area contributed by atoms with Gasteiger partial charge in [-0.2, -0.15) is 0 Å². The summed E-state index contributed by atoms with van der Waals surface area (Å²) in [6.07, 6.45) is 3.22. The lowest BCUT2D eigenvalue weighted by Crippen LogP contribution is -2.19. The van der Waals surface area contributed by atoms with E-state index in [0.717, 1.165) is 15.4 Å². The predicted molar refractivity (Wildman–Crippen MR) is 107 cm³/mol. The molecule has 3 aromatic rings. The lowest BCUT2D eigenvalue weighted by molar-refractivity contribution is -0.115. The molecule has 2 aromatic carbocycles. The second-order valence-corrected chi connectivity index (χ2v) is 7.35. The summed E-state index contributed by atoms with van der Waals surface area (Å²) < 4.78 is 14.7. The minimum atomic E-state index is -0.373. The highest BCUT2D eigenvalue weighted by molar-refractivity contribution is 9.10. The lowest BCUT2D eigenvalue weighted by atomic mass is 10.2. The Bertz CT molecular complexity index is 1100. The Kier molecular flexibility index (Phi) is 4.57. The van der Waals surface area contributed by atoms with Crippen LogP contribution in [0.1, 0.15) is 5.56 Å². The Hall–Kier alpha value is -2.51. The third-order valence-corrected chi connectivity index (χ3v) is 5.36.